The van der Waals surface area contributed by atoms with Gasteiger partial charge in [-0.3, -0.25) is 9.58 Å². The van der Waals surface area contributed by atoms with Gasteiger partial charge in [0.25, 0.3) is 0 Å². The number of carboxylic acids is 1. The van der Waals surface area contributed by atoms with Gasteiger partial charge in [-0.25, -0.2) is 14.4 Å². The summed E-state index contributed by atoms with van der Waals surface area (Å²) >= 11 is 0. The highest BCUT2D eigenvalue weighted by Crippen LogP contribution is 2.44. The number of amides is 2. The van der Waals surface area contributed by atoms with E-state index in [1.807, 2.05) is 45.0 Å². The SMILES string of the molecule is Cn1ncc(C(=O)O)c1CN(C(=O)OCC1c2ccccc2-c2ccccc21)C1CCCN(C(=O)OC(C)(C)C)C1. The van der Waals surface area contributed by atoms with Gasteiger partial charge in [0.15, 0.2) is 0 Å². The van der Waals surface area contributed by atoms with Crippen molar-refractivity contribution in [3.8, 4) is 11.1 Å². The molecule has 1 aliphatic heterocycles. The van der Waals surface area contributed by atoms with Crippen LogP contribution in [0.2, 0.25) is 0 Å². The summed E-state index contributed by atoms with van der Waals surface area (Å²) in [6, 6.07) is 15.8. The van der Waals surface area contributed by atoms with Gasteiger partial charge < -0.3 is 19.5 Å². The molecule has 1 fully saturated rings. The fraction of sp³-hybridized carbons (Fsp3) is 0.419. The molecule has 0 bridgehead atoms. The minimum atomic E-state index is -1.13. The first-order chi connectivity index (χ1) is 19.5. The first-order valence-electron chi connectivity index (χ1n) is 13.9. The van der Waals surface area contributed by atoms with E-state index in [4.69, 9.17) is 9.47 Å². The standard InChI is InChI=1S/C31H36N4O6/c1-31(2,3)41-29(38)34-15-9-10-20(17-34)35(18-27-25(28(36)37)16-32-33(27)4)30(39)40-19-26-23-13-7-5-11-21(23)22-12-6-8-14-24(22)26/h5-8,11-14,16,20,26H,9-10,15,17-19H2,1-4H3,(H,36,37). The van der Waals surface area contributed by atoms with E-state index in [9.17, 15) is 19.5 Å². The van der Waals surface area contributed by atoms with Crippen LogP contribution in [0.1, 0.15) is 66.7 Å². The van der Waals surface area contributed by atoms with E-state index >= 15 is 0 Å². The van der Waals surface area contributed by atoms with Crippen molar-refractivity contribution in [2.24, 2.45) is 7.05 Å². The van der Waals surface area contributed by atoms with Crippen molar-refractivity contribution < 1.29 is 29.0 Å². The highest BCUT2D eigenvalue weighted by molar-refractivity contribution is 5.88. The Morgan fingerprint density at radius 2 is 1.68 bits per heavy atom. The Labute approximate surface area is 239 Å². The lowest BCUT2D eigenvalue weighted by Gasteiger charge is -2.39. The van der Waals surface area contributed by atoms with Crippen molar-refractivity contribution in [2.75, 3.05) is 19.7 Å². The largest absolute Gasteiger partial charge is 0.478 e. The van der Waals surface area contributed by atoms with Crippen molar-refractivity contribution in [3.05, 3.63) is 77.1 Å². The van der Waals surface area contributed by atoms with Gasteiger partial charge in [0.05, 0.1) is 24.5 Å². The van der Waals surface area contributed by atoms with E-state index in [2.05, 4.69) is 29.4 Å². The van der Waals surface area contributed by atoms with Crippen LogP contribution in [0, 0.1) is 0 Å². The van der Waals surface area contributed by atoms with E-state index in [-0.39, 0.29) is 31.2 Å². The average molecular weight is 561 g/mol. The van der Waals surface area contributed by atoms with E-state index in [0.717, 1.165) is 22.3 Å². The second-order valence-corrected chi connectivity index (χ2v) is 11.6. The molecule has 0 spiro atoms. The summed E-state index contributed by atoms with van der Waals surface area (Å²) in [5, 5.41) is 13.8. The molecular formula is C31H36N4O6. The summed E-state index contributed by atoms with van der Waals surface area (Å²) in [6.07, 6.45) is 1.56. The second kappa shape index (κ2) is 11.3. The van der Waals surface area contributed by atoms with Crippen LogP contribution in [-0.2, 0) is 23.1 Å². The lowest BCUT2D eigenvalue weighted by atomic mass is 9.98. The van der Waals surface area contributed by atoms with Crippen LogP contribution in [-0.4, -0.2) is 74.2 Å². The van der Waals surface area contributed by atoms with Crippen LogP contribution in [0.15, 0.2) is 54.7 Å². The van der Waals surface area contributed by atoms with Gasteiger partial charge >= 0.3 is 18.2 Å². The number of likely N-dealkylation sites (tertiary alicyclic amines) is 1. The maximum absolute atomic E-state index is 13.8. The predicted octanol–water partition coefficient (Wildman–Crippen LogP) is 5.27. The third kappa shape index (κ3) is 5.91. The lowest BCUT2D eigenvalue weighted by molar-refractivity contribution is 0.00774. The molecule has 0 radical (unpaired) electrons. The molecule has 10 nitrogen and oxygen atoms in total. The van der Waals surface area contributed by atoms with Gasteiger partial charge in [0.2, 0.25) is 0 Å². The molecule has 41 heavy (non-hydrogen) atoms. The van der Waals surface area contributed by atoms with Crippen LogP contribution >= 0.6 is 0 Å². The Kier molecular flexibility index (Phi) is 7.75. The quantitative estimate of drug-likeness (QED) is 0.437. The molecule has 1 saturated heterocycles. The Balaban J connectivity index is 1.40. The Bertz CT molecular complexity index is 1410. The zero-order valence-electron chi connectivity index (χ0n) is 23.9. The number of carbonyl (C=O) groups is 3. The van der Waals surface area contributed by atoms with Crippen molar-refractivity contribution in [1.82, 2.24) is 19.6 Å². The predicted molar refractivity (Wildman–Crippen MR) is 152 cm³/mol. The maximum Gasteiger partial charge on any atom is 0.410 e. The van der Waals surface area contributed by atoms with Crippen LogP contribution in [0.3, 0.4) is 0 Å². The average Bonchev–Trinajstić information content (AvgIpc) is 3.47. The Hall–Kier alpha value is -4.34. The summed E-state index contributed by atoms with van der Waals surface area (Å²) < 4.78 is 13.0. The molecule has 1 unspecified atom stereocenters. The summed E-state index contributed by atoms with van der Waals surface area (Å²) in [7, 11) is 1.64. The molecule has 5 rings (SSSR count). The number of piperidine rings is 1. The molecule has 3 aromatic rings. The monoisotopic (exact) mass is 560 g/mol. The number of aromatic nitrogens is 2. The number of carboxylic acid groups (broad SMARTS) is 1. The topological polar surface area (TPSA) is 114 Å². The van der Waals surface area contributed by atoms with Crippen molar-refractivity contribution in [3.63, 3.8) is 0 Å². The van der Waals surface area contributed by atoms with Crippen molar-refractivity contribution in [2.45, 2.75) is 57.7 Å². The third-order valence-corrected chi connectivity index (χ3v) is 7.67. The van der Waals surface area contributed by atoms with Crippen LogP contribution in [0.4, 0.5) is 9.59 Å². The molecule has 2 heterocycles. The van der Waals surface area contributed by atoms with E-state index in [1.165, 1.54) is 15.8 Å². The number of hydrogen-bond acceptors (Lipinski definition) is 6. The van der Waals surface area contributed by atoms with E-state index < -0.39 is 29.8 Å². The maximum atomic E-state index is 13.8. The second-order valence-electron chi connectivity index (χ2n) is 11.6. The molecule has 1 aromatic heterocycles. The zero-order valence-corrected chi connectivity index (χ0v) is 23.9. The number of carbonyl (C=O) groups excluding carboxylic acids is 2. The molecule has 10 heteroatoms. The molecule has 2 aromatic carbocycles. The number of aromatic carboxylic acids is 1. The molecule has 216 valence electrons. The number of benzene rings is 2. The minimum Gasteiger partial charge on any atom is -0.478 e. The van der Waals surface area contributed by atoms with Gasteiger partial charge in [0, 0.05) is 26.1 Å². The molecule has 0 saturated carbocycles. The fourth-order valence-corrected chi connectivity index (χ4v) is 5.71. The molecular weight excluding hydrogens is 524 g/mol. The fourth-order valence-electron chi connectivity index (χ4n) is 5.71. The van der Waals surface area contributed by atoms with Crippen LogP contribution in [0.25, 0.3) is 11.1 Å². The normalized spacial score (nSPS) is 16.6. The minimum absolute atomic E-state index is 0.0174. The van der Waals surface area contributed by atoms with Crippen molar-refractivity contribution >= 4 is 18.2 Å². The van der Waals surface area contributed by atoms with Crippen molar-refractivity contribution in [1.29, 1.82) is 0 Å². The van der Waals surface area contributed by atoms with Crippen LogP contribution < -0.4 is 0 Å². The molecule has 2 aliphatic rings. The zero-order chi connectivity index (χ0) is 29.3. The summed E-state index contributed by atoms with van der Waals surface area (Å²) in [4.78, 5) is 41.8. The van der Waals surface area contributed by atoms with E-state index in [0.29, 0.717) is 25.1 Å². The number of nitrogens with zero attached hydrogens (tertiary/aromatic N) is 4. The van der Waals surface area contributed by atoms with Gasteiger partial charge in [-0.2, -0.15) is 5.10 Å². The van der Waals surface area contributed by atoms with Crippen LogP contribution in [0.5, 0.6) is 0 Å². The molecule has 1 N–H and O–H groups in total. The van der Waals surface area contributed by atoms with Gasteiger partial charge in [-0.15, -0.1) is 0 Å². The first-order valence-corrected chi connectivity index (χ1v) is 13.9. The third-order valence-electron chi connectivity index (χ3n) is 7.67. The van der Waals surface area contributed by atoms with Gasteiger partial charge in [-0.1, -0.05) is 48.5 Å². The molecule has 2 amide bonds. The lowest BCUT2D eigenvalue weighted by Crippen LogP contribution is -2.52. The Morgan fingerprint density at radius 1 is 1.05 bits per heavy atom. The number of hydrogen-bond donors (Lipinski definition) is 1. The Morgan fingerprint density at radius 3 is 2.29 bits per heavy atom. The summed E-state index contributed by atoms with van der Waals surface area (Å²) in [6.45, 7) is 6.29. The number of ether oxygens (including phenoxy) is 2. The van der Waals surface area contributed by atoms with Gasteiger partial charge in [0.1, 0.15) is 17.8 Å². The summed E-state index contributed by atoms with van der Waals surface area (Å²) in [5.41, 5.74) is 4.19. The van der Waals surface area contributed by atoms with Gasteiger partial charge in [-0.05, 0) is 55.9 Å². The van der Waals surface area contributed by atoms with E-state index in [1.54, 1.807) is 11.9 Å². The number of fused-ring (bicyclic) bond motifs is 3. The molecule has 1 atom stereocenters. The highest BCUT2D eigenvalue weighted by Gasteiger charge is 2.36. The molecule has 1 aliphatic carbocycles. The smallest absolute Gasteiger partial charge is 0.410 e. The summed E-state index contributed by atoms with van der Waals surface area (Å²) in [5.74, 6) is -1.25. The first kappa shape index (κ1) is 28.2. The highest BCUT2D eigenvalue weighted by atomic mass is 16.6. The number of rotatable bonds is 6. The number of aryl methyl sites for hydroxylation is 1.